The first-order valence-corrected chi connectivity index (χ1v) is 6.66. The zero-order chi connectivity index (χ0) is 13.2. The molecule has 4 nitrogen and oxygen atoms in total. The Hall–Kier alpha value is -1.81. The van der Waals surface area contributed by atoms with Gasteiger partial charge in [-0.2, -0.15) is 0 Å². The maximum atomic E-state index is 12.2. The van der Waals surface area contributed by atoms with Gasteiger partial charge in [-0.05, 0) is 24.6 Å². The predicted octanol–water partition coefficient (Wildman–Crippen LogP) is 1.81. The van der Waals surface area contributed by atoms with E-state index in [0.717, 1.165) is 5.52 Å². The minimum atomic E-state index is 0.169. The van der Waals surface area contributed by atoms with Crippen molar-refractivity contribution >= 4 is 16.8 Å². The molecule has 0 radical (unpaired) electrons. The monoisotopic (exact) mass is 258 g/mol. The van der Waals surface area contributed by atoms with Gasteiger partial charge in [-0.15, -0.1) is 0 Å². The van der Waals surface area contributed by atoms with Crippen molar-refractivity contribution in [3.05, 3.63) is 36.0 Å². The van der Waals surface area contributed by atoms with Crippen molar-refractivity contribution in [1.82, 2.24) is 9.47 Å². The molecule has 2 heterocycles. The van der Waals surface area contributed by atoms with Crippen molar-refractivity contribution in [2.24, 2.45) is 0 Å². The second kappa shape index (κ2) is 5.05. The van der Waals surface area contributed by atoms with E-state index >= 15 is 0 Å². The third-order valence-electron chi connectivity index (χ3n) is 3.70. The fourth-order valence-corrected chi connectivity index (χ4v) is 2.57. The van der Waals surface area contributed by atoms with Crippen molar-refractivity contribution in [1.29, 1.82) is 0 Å². The molecular formula is C15H18N2O2. The predicted molar refractivity (Wildman–Crippen MR) is 74.1 cm³/mol. The van der Waals surface area contributed by atoms with Gasteiger partial charge in [0.25, 0.3) is 0 Å². The Labute approximate surface area is 112 Å². The molecule has 1 aromatic heterocycles. The summed E-state index contributed by atoms with van der Waals surface area (Å²) < 4.78 is 7.30. The van der Waals surface area contributed by atoms with Gasteiger partial charge in [0, 0.05) is 30.2 Å². The average Bonchev–Trinajstić information content (AvgIpc) is 2.84. The van der Waals surface area contributed by atoms with E-state index < -0.39 is 0 Å². The molecule has 4 heteroatoms. The molecule has 3 rings (SSSR count). The fourth-order valence-electron chi connectivity index (χ4n) is 2.57. The summed E-state index contributed by atoms with van der Waals surface area (Å²) in [5.74, 6) is 0.169. The number of hydrogen-bond acceptors (Lipinski definition) is 2. The molecule has 0 bridgehead atoms. The van der Waals surface area contributed by atoms with Crippen LogP contribution < -0.4 is 0 Å². The summed E-state index contributed by atoms with van der Waals surface area (Å²) in [6.07, 6.45) is 2.00. The van der Waals surface area contributed by atoms with E-state index in [1.807, 2.05) is 21.7 Å². The molecule has 1 fully saturated rings. The molecule has 0 N–H and O–H groups in total. The molecule has 0 saturated carbocycles. The van der Waals surface area contributed by atoms with Crippen LogP contribution >= 0.6 is 0 Å². The number of amides is 1. The van der Waals surface area contributed by atoms with E-state index in [4.69, 9.17) is 4.74 Å². The lowest BCUT2D eigenvalue weighted by Gasteiger charge is -2.27. The van der Waals surface area contributed by atoms with Gasteiger partial charge < -0.3 is 14.2 Å². The van der Waals surface area contributed by atoms with Crippen LogP contribution in [0.3, 0.4) is 0 Å². The van der Waals surface area contributed by atoms with Crippen molar-refractivity contribution < 1.29 is 9.53 Å². The van der Waals surface area contributed by atoms with Crippen LogP contribution in [0.2, 0.25) is 0 Å². The van der Waals surface area contributed by atoms with Crippen LogP contribution in [0.15, 0.2) is 30.5 Å². The summed E-state index contributed by atoms with van der Waals surface area (Å²) in [6, 6.07) is 8.27. The lowest BCUT2D eigenvalue weighted by molar-refractivity contribution is -0.135. The Morgan fingerprint density at radius 1 is 1.26 bits per heavy atom. The lowest BCUT2D eigenvalue weighted by atomic mass is 10.1. The van der Waals surface area contributed by atoms with Gasteiger partial charge in [-0.3, -0.25) is 4.79 Å². The van der Waals surface area contributed by atoms with E-state index in [9.17, 15) is 4.79 Å². The first kappa shape index (κ1) is 12.2. The maximum absolute atomic E-state index is 12.2. The van der Waals surface area contributed by atoms with Crippen LogP contribution in [0.1, 0.15) is 5.56 Å². The molecule has 0 spiro atoms. The SMILES string of the molecule is Cc1cccc2c1ccn2CC(=O)N1CCOCC1. The summed E-state index contributed by atoms with van der Waals surface area (Å²) in [5, 5.41) is 1.22. The number of carbonyl (C=O) groups excluding carboxylic acids is 1. The van der Waals surface area contributed by atoms with Crippen LogP contribution in [0, 0.1) is 6.92 Å². The molecule has 1 aliphatic heterocycles. The molecule has 1 aliphatic rings. The number of hydrogen-bond donors (Lipinski definition) is 0. The Balaban J connectivity index is 1.81. The minimum absolute atomic E-state index is 0.169. The number of aromatic nitrogens is 1. The van der Waals surface area contributed by atoms with Crippen LogP contribution in [-0.2, 0) is 16.1 Å². The summed E-state index contributed by atoms with van der Waals surface area (Å²) in [7, 11) is 0. The summed E-state index contributed by atoms with van der Waals surface area (Å²) in [5.41, 5.74) is 2.37. The molecule has 0 aliphatic carbocycles. The van der Waals surface area contributed by atoms with Crippen molar-refractivity contribution in [3.8, 4) is 0 Å². The second-order valence-corrected chi connectivity index (χ2v) is 4.94. The minimum Gasteiger partial charge on any atom is -0.378 e. The number of rotatable bonds is 2. The van der Waals surface area contributed by atoms with Crippen LogP contribution in [0.4, 0.5) is 0 Å². The van der Waals surface area contributed by atoms with E-state index in [-0.39, 0.29) is 5.91 Å². The molecule has 2 aromatic rings. The number of carbonyl (C=O) groups is 1. The fraction of sp³-hybridized carbons (Fsp3) is 0.400. The molecule has 100 valence electrons. The highest BCUT2D eigenvalue weighted by Crippen LogP contribution is 2.19. The number of ether oxygens (including phenoxy) is 1. The summed E-state index contributed by atoms with van der Waals surface area (Å²) >= 11 is 0. The number of morpholine rings is 1. The van der Waals surface area contributed by atoms with Gasteiger partial charge in [0.05, 0.1) is 13.2 Å². The third kappa shape index (κ3) is 2.36. The number of aryl methyl sites for hydroxylation is 1. The van der Waals surface area contributed by atoms with Crippen LogP contribution in [-0.4, -0.2) is 41.7 Å². The summed E-state index contributed by atoms with van der Waals surface area (Å²) in [4.78, 5) is 14.1. The van der Waals surface area contributed by atoms with Crippen molar-refractivity contribution in [2.75, 3.05) is 26.3 Å². The van der Waals surface area contributed by atoms with Crippen molar-refractivity contribution in [3.63, 3.8) is 0 Å². The zero-order valence-electron chi connectivity index (χ0n) is 11.1. The smallest absolute Gasteiger partial charge is 0.242 e. The molecule has 19 heavy (non-hydrogen) atoms. The number of nitrogens with zero attached hydrogens (tertiary/aromatic N) is 2. The maximum Gasteiger partial charge on any atom is 0.242 e. The Morgan fingerprint density at radius 3 is 2.84 bits per heavy atom. The van der Waals surface area contributed by atoms with Gasteiger partial charge in [0.15, 0.2) is 0 Å². The van der Waals surface area contributed by atoms with Crippen molar-refractivity contribution in [2.45, 2.75) is 13.5 Å². The molecule has 1 aromatic carbocycles. The third-order valence-corrected chi connectivity index (χ3v) is 3.70. The van der Waals surface area contributed by atoms with E-state index in [1.54, 1.807) is 0 Å². The molecule has 1 saturated heterocycles. The Kier molecular flexibility index (Phi) is 3.25. The number of fused-ring (bicyclic) bond motifs is 1. The summed E-state index contributed by atoms with van der Waals surface area (Å²) in [6.45, 7) is 5.21. The van der Waals surface area contributed by atoms with E-state index in [1.165, 1.54) is 10.9 Å². The topological polar surface area (TPSA) is 34.5 Å². The van der Waals surface area contributed by atoms with Gasteiger partial charge in [0.1, 0.15) is 6.54 Å². The Bertz CT molecular complexity index is 597. The highest BCUT2D eigenvalue weighted by molar-refractivity contribution is 5.85. The average molecular weight is 258 g/mol. The second-order valence-electron chi connectivity index (χ2n) is 4.94. The van der Waals surface area contributed by atoms with E-state index in [2.05, 4.69) is 25.1 Å². The highest BCUT2D eigenvalue weighted by Gasteiger charge is 2.17. The van der Waals surface area contributed by atoms with Crippen LogP contribution in [0.25, 0.3) is 10.9 Å². The molecule has 1 amide bonds. The Morgan fingerprint density at radius 2 is 2.05 bits per heavy atom. The zero-order valence-corrected chi connectivity index (χ0v) is 11.1. The first-order valence-electron chi connectivity index (χ1n) is 6.66. The first-order chi connectivity index (χ1) is 9.25. The standard InChI is InChI=1S/C15H18N2O2/c1-12-3-2-4-14-13(12)5-6-17(14)11-15(18)16-7-9-19-10-8-16/h2-6H,7-11H2,1H3. The van der Waals surface area contributed by atoms with E-state index in [0.29, 0.717) is 32.8 Å². The normalized spacial score (nSPS) is 15.9. The molecule has 0 unspecified atom stereocenters. The van der Waals surface area contributed by atoms with Gasteiger partial charge in [0.2, 0.25) is 5.91 Å². The highest BCUT2D eigenvalue weighted by atomic mass is 16.5. The van der Waals surface area contributed by atoms with Gasteiger partial charge >= 0.3 is 0 Å². The quantitative estimate of drug-likeness (QED) is 0.823. The largest absolute Gasteiger partial charge is 0.378 e. The lowest BCUT2D eigenvalue weighted by Crippen LogP contribution is -2.42. The molecule has 0 atom stereocenters. The van der Waals surface area contributed by atoms with Crippen LogP contribution in [0.5, 0.6) is 0 Å². The number of benzene rings is 1. The van der Waals surface area contributed by atoms with Gasteiger partial charge in [-0.25, -0.2) is 0 Å². The molecular weight excluding hydrogens is 240 g/mol. The van der Waals surface area contributed by atoms with Gasteiger partial charge in [-0.1, -0.05) is 12.1 Å².